The molecule has 5 nitrogen and oxygen atoms in total. The van der Waals surface area contributed by atoms with Crippen molar-refractivity contribution < 1.29 is 0 Å². The highest BCUT2D eigenvalue weighted by Crippen LogP contribution is 2.28. The topological polar surface area (TPSA) is 65.6 Å². The molecule has 0 fully saturated rings. The van der Waals surface area contributed by atoms with Gasteiger partial charge in [0.1, 0.15) is 5.01 Å². The molecular weight excluding hydrogens is 282 g/mol. The molecule has 1 aromatic carbocycles. The molecule has 2 aromatic heterocycles. The number of nitrogens with zero attached hydrogens (tertiary/aromatic N) is 2. The standard InChI is InChI=1S/C15H17N5S/c1-9-5-4-6-12-11(9)7-13(18-12)15-20-19-14(21-15)8-17-10(2)16-3/h4-7,16-18H,2,8H2,1,3H3. The Balaban J connectivity index is 1.84. The minimum atomic E-state index is 0.622. The third-order valence-corrected chi connectivity index (χ3v) is 4.29. The second kappa shape index (κ2) is 5.57. The van der Waals surface area contributed by atoms with E-state index in [9.17, 15) is 0 Å². The molecular formula is C15H17N5S. The van der Waals surface area contributed by atoms with Gasteiger partial charge in [0.2, 0.25) is 0 Å². The first-order valence-electron chi connectivity index (χ1n) is 6.69. The molecule has 0 aliphatic carbocycles. The van der Waals surface area contributed by atoms with Gasteiger partial charge >= 0.3 is 0 Å². The number of fused-ring (bicyclic) bond motifs is 1. The third-order valence-electron chi connectivity index (χ3n) is 3.33. The largest absolute Gasteiger partial charge is 0.375 e. The summed E-state index contributed by atoms with van der Waals surface area (Å²) in [5, 5.41) is 17.6. The maximum Gasteiger partial charge on any atom is 0.164 e. The summed E-state index contributed by atoms with van der Waals surface area (Å²) < 4.78 is 0. The molecule has 21 heavy (non-hydrogen) atoms. The SMILES string of the molecule is C=C(NC)NCc1nnc(-c2cc3c(C)cccc3[nH]2)s1. The lowest BCUT2D eigenvalue weighted by Crippen LogP contribution is -2.21. The summed E-state index contributed by atoms with van der Waals surface area (Å²) in [5.74, 6) is 0.771. The molecule has 0 amide bonds. The van der Waals surface area contributed by atoms with E-state index in [0.29, 0.717) is 6.54 Å². The Morgan fingerprint density at radius 2 is 2.24 bits per heavy atom. The second-order valence-corrected chi connectivity index (χ2v) is 5.86. The molecule has 6 heteroatoms. The molecule has 108 valence electrons. The van der Waals surface area contributed by atoms with Gasteiger partial charge in [-0.1, -0.05) is 30.0 Å². The van der Waals surface area contributed by atoms with E-state index in [-0.39, 0.29) is 0 Å². The highest BCUT2D eigenvalue weighted by molar-refractivity contribution is 7.14. The minimum absolute atomic E-state index is 0.622. The zero-order valence-electron chi connectivity index (χ0n) is 12.0. The van der Waals surface area contributed by atoms with Gasteiger partial charge in [0.15, 0.2) is 5.01 Å². The Bertz CT molecular complexity index is 786. The number of aromatic nitrogens is 3. The molecule has 0 radical (unpaired) electrons. The van der Waals surface area contributed by atoms with Gasteiger partial charge in [0.25, 0.3) is 0 Å². The van der Waals surface area contributed by atoms with Gasteiger partial charge in [0, 0.05) is 18.0 Å². The quantitative estimate of drug-likeness (QED) is 0.678. The van der Waals surface area contributed by atoms with Crippen molar-refractivity contribution >= 4 is 22.2 Å². The number of hydrogen-bond acceptors (Lipinski definition) is 5. The Morgan fingerprint density at radius 3 is 3.00 bits per heavy atom. The van der Waals surface area contributed by atoms with Crippen molar-refractivity contribution in [3.63, 3.8) is 0 Å². The van der Waals surface area contributed by atoms with Gasteiger partial charge in [-0.3, -0.25) is 0 Å². The number of aryl methyl sites for hydroxylation is 1. The predicted molar refractivity (Wildman–Crippen MR) is 87.0 cm³/mol. The van der Waals surface area contributed by atoms with Crippen LogP contribution in [-0.4, -0.2) is 22.2 Å². The summed E-state index contributed by atoms with van der Waals surface area (Å²) in [4.78, 5) is 3.40. The van der Waals surface area contributed by atoms with Gasteiger partial charge in [-0.05, 0) is 24.6 Å². The van der Waals surface area contributed by atoms with Crippen molar-refractivity contribution in [2.24, 2.45) is 0 Å². The number of hydrogen-bond donors (Lipinski definition) is 3. The number of benzene rings is 1. The molecule has 2 heterocycles. The van der Waals surface area contributed by atoms with Crippen LogP contribution < -0.4 is 10.6 Å². The van der Waals surface area contributed by atoms with Gasteiger partial charge in [-0.25, -0.2) is 0 Å². The zero-order chi connectivity index (χ0) is 14.8. The van der Waals surface area contributed by atoms with Gasteiger partial charge in [-0.2, -0.15) is 0 Å². The van der Waals surface area contributed by atoms with Crippen LogP contribution in [0.3, 0.4) is 0 Å². The van der Waals surface area contributed by atoms with Crippen molar-refractivity contribution in [1.29, 1.82) is 0 Å². The van der Waals surface area contributed by atoms with Crippen molar-refractivity contribution in [2.75, 3.05) is 7.05 Å². The third kappa shape index (κ3) is 2.75. The van der Waals surface area contributed by atoms with Crippen LogP contribution in [-0.2, 0) is 6.54 Å². The summed E-state index contributed by atoms with van der Waals surface area (Å²) in [6.45, 7) is 6.55. The smallest absolute Gasteiger partial charge is 0.164 e. The van der Waals surface area contributed by atoms with E-state index < -0.39 is 0 Å². The average Bonchev–Trinajstić information content (AvgIpc) is 3.11. The molecule has 0 saturated heterocycles. The summed E-state index contributed by atoms with van der Waals surface area (Å²) in [7, 11) is 1.83. The fourth-order valence-electron chi connectivity index (χ4n) is 2.13. The van der Waals surface area contributed by atoms with Crippen LogP contribution in [0.25, 0.3) is 21.6 Å². The summed E-state index contributed by atoms with van der Waals surface area (Å²) in [5.41, 5.74) is 3.39. The first kappa shape index (κ1) is 13.6. The van der Waals surface area contributed by atoms with Gasteiger partial charge in [0.05, 0.1) is 18.1 Å². The van der Waals surface area contributed by atoms with Crippen LogP contribution in [0.2, 0.25) is 0 Å². The zero-order valence-corrected chi connectivity index (χ0v) is 12.8. The number of H-pyrrole nitrogens is 1. The van der Waals surface area contributed by atoms with Crippen LogP contribution in [0.4, 0.5) is 0 Å². The molecule has 0 bridgehead atoms. The first-order chi connectivity index (χ1) is 10.2. The van der Waals surface area contributed by atoms with Gasteiger partial charge < -0.3 is 15.6 Å². The van der Waals surface area contributed by atoms with Crippen LogP contribution in [0.5, 0.6) is 0 Å². The molecule has 0 atom stereocenters. The van der Waals surface area contributed by atoms with Gasteiger partial charge in [-0.15, -0.1) is 10.2 Å². The fraction of sp³-hybridized carbons (Fsp3) is 0.200. The normalized spacial score (nSPS) is 10.8. The monoisotopic (exact) mass is 299 g/mol. The van der Waals surface area contributed by atoms with Crippen molar-refractivity contribution in [2.45, 2.75) is 13.5 Å². The van der Waals surface area contributed by atoms with E-state index in [0.717, 1.165) is 27.0 Å². The average molecular weight is 299 g/mol. The molecule has 0 saturated carbocycles. The maximum atomic E-state index is 4.26. The fourth-order valence-corrected chi connectivity index (χ4v) is 2.88. The summed E-state index contributed by atoms with van der Waals surface area (Å²) >= 11 is 1.57. The van der Waals surface area contributed by atoms with E-state index in [1.165, 1.54) is 10.9 Å². The highest BCUT2D eigenvalue weighted by Gasteiger charge is 2.10. The predicted octanol–water partition coefficient (Wildman–Crippen LogP) is 2.78. The molecule has 0 spiro atoms. The van der Waals surface area contributed by atoms with E-state index in [1.807, 2.05) is 7.05 Å². The molecule has 0 aliphatic rings. The van der Waals surface area contributed by atoms with E-state index in [4.69, 9.17) is 0 Å². The molecule has 0 unspecified atom stereocenters. The first-order valence-corrected chi connectivity index (χ1v) is 7.50. The van der Waals surface area contributed by atoms with E-state index >= 15 is 0 Å². The Kier molecular flexibility index (Phi) is 3.62. The molecule has 3 N–H and O–H groups in total. The lowest BCUT2D eigenvalue weighted by Gasteiger charge is -2.05. The Morgan fingerprint density at radius 1 is 1.38 bits per heavy atom. The van der Waals surface area contributed by atoms with Crippen molar-refractivity contribution in [3.05, 3.63) is 47.2 Å². The van der Waals surface area contributed by atoms with Crippen LogP contribution >= 0.6 is 11.3 Å². The summed E-state index contributed by atoms with van der Waals surface area (Å²) in [6.07, 6.45) is 0. The molecule has 3 rings (SSSR count). The van der Waals surface area contributed by atoms with Crippen LogP contribution in [0.15, 0.2) is 36.7 Å². The Hall–Kier alpha value is -2.34. The number of rotatable bonds is 5. The van der Waals surface area contributed by atoms with Crippen LogP contribution in [0, 0.1) is 6.92 Å². The molecule has 0 aliphatic heterocycles. The Labute approximate surface area is 127 Å². The highest BCUT2D eigenvalue weighted by atomic mass is 32.1. The summed E-state index contributed by atoms with van der Waals surface area (Å²) in [6, 6.07) is 8.37. The molecule has 3 aromatic rings. The second-order valence-electron chi connectivity index (χ2n) is 4.80. The lowest BCUT2D eigenvalue weighted by atomic mass is 10.1. The lowest BCUT2D eigenvalue weighted by molar-refractivity contribution is 0.731. The minimum Gasteiger partial charge on any atom is -0.375 e. The number of aromatic amines is 1. The van der Waals surface area contributed by atoms with Crippen LogP contribution in [0.1, 0.15) is 10.6 Å². The van der Waals surface area contributed by atoms with E-state index in [2.05, 4.69) is 63.6 Å². The van der Waals surface area contributed by atoms with Crippen molar-refractivity contribution in [3.8, 4) is 10.7 Å². The van der Waals surface area contributed by atoms with Crippen molar-refractivity contribution in [1.82, 2.24) is 25.8 Å². The maximum absolute atomic E-state index is 4.26. The van der Waals surface area contributed by atoms with E-state index in [1.54, 1.807) is 11.3 Å². The number of nitrogens with one attached hydrogen (secondary N) is 3.